The van der Waals surface area contributed by atoms with Crippen molar-refractivity contribution in [2.45, 2.75) is 46.0 Å². The van der Waals surface area contributed by atoms with Gasteiger partial charge in [0.15, 0.2) is 0 Å². The van der Waals surface area contributed by atoms with E-state index in [-0.39, 0.29) is 36.5 Å². The number of benzene rings is 4. The van der Waals surface area contributed by atoms with E-state index in [9.17, 15) is 19.2 Å². The number of nitrogens with zero attached hydrogens (tertiary/aromatic N) is 2. The second-order valence-electron chi connectivity index (χ2n) is 11.1. The molecule has 12 heteroatoms. The fraction of sp³-hybridized carbons (Fsp3) is 0.189. The van der Waals surface area contributed by atoms with Gasteiger partial charge >= 0.3 is 0 Å². The van der Waals surface area contributed by atoms with Crippen LogP contribution in [-0.4, -0.2) is 35.1 Å². The molecule has 0 saturated carbocycles. The number of halogens is 2. The second kappa shape index (κ2) is 18.3. The number of hydrazone groups is 2. The third-order valence-corrected chi connectivity index (χ3v) is 7.84. The number of carbonyl (C=O) groups is 4. The van der Waals surface area contributed by atoms with E-state index in [0.29, 0.717) is 63.2 Å². The van der Waals surface area contributed by atoms with Gasteiger partial charge in [-0.2, -0.15) is 10.2 Å². The van der Waals surface area contributed by atoms with Crippen LogP contribution in [0.25, 0.3) is 0 Å². The SMILES string of the molecule is C/C(=N\NC(=O)CCCCCC(=O)N/N=C(\C)c1ccc(NC(=O)c2ccc(Cl)cc2)cc1)c1ccc(NC(=O)c2ccc(Cl)cc2)cc1. The monoisotopic (exact) mass is 698 g/mol. The van der Waals surface area contributed by atoms with Gasteiger partial charge in [0, 0.05) is 45.4 Å². The van der Waals surface area contributed by atoms with Gasteiger partial charge in [0.1, 0.15) is 0 Å². The van der Waals surface area contributed by atoms with E-state index >= 15 is 0 Å². The molecule has 252 valence electrons. The van der Waals surface area contributed by atoms with E-state index in [2.05, 4.69) is 31.7 Å². The maximum atomic E-state index is 12.4. The van der Waals surface area contributed by atoms with Crippen LogP contribution < -0.4 is 21.5 Å². The average Bonchev–Trinajstić information content (AvgIpc) is 3.10. The Morgan fingerprint density at radius 3 is 1.16 bits per heavy atom. The number of hydrogen-bond donors (Lipinski definition) is 4. The van der Waals surface area contributed by atoms with Crippen LogP contribution in [0.5, 0.6) is 0 Å². The van der Waals surface area contributed by atoms with Crippen molar-refractivity contribution in [3.8, 4) is 0 Å². The van der Waals surface area contributed by atoms with E-state index in [0.717, 1.165) is 11.1 Å². The molecule has 4 N–H and O–H groups in total. The fourth-order valence-electron chi connectivity index (χ4n) is 4.48. The minimum absolute atomic E-state index is 0.216. The zero-order valence-corrected chi connectivity index (χ0v) is 28.6. The van der Waals surface area contributed by atoms with Gasteiger partial charge in [-0.15, -0.1) is 0 Å². The van der Waals surface area contributed by atoms with Crippen LogP contribution in [-0.2, 0) is 9.59 Å². The van der Waals surface area contributed by atoms with E-state index in [1.807, 2.05) is 0 Å². The lowest BCUT2D eigenvalue weighted by Gasteiger charge is -2.07. The van der Waals surface area contributed by atoms with Crippen molar-refractivity contribution in [3.63, 3.8) is 0 Å². The Bertz CT molecular complexity index is 1690. The van der Waals surface area contributed by atoms with E-state index in [4.69, 9.17) is 23.2 Å². The van der Waals surface area contributed by atoms with E-state index in [1.165, 1.54) is 0 Å². The van der Waals surface area contributed by atoms with Gasteiger partial charge in [0.25, 0.3) is 11.8 Å². The van der Waals surface area contributed by atoms with Crippen LogP contribution in [0.2, 0.25) is 10.0 Å². The first-order valence-electron chi connectivity index (χ1n) is 15.6. The number of anilines is 2. The first kappa shape index (κ1) is 36.5. The highest BCUT2D eigenvalue weighted by Gasteiger charge is 2.09. The quantitative estimate of drug-likeness (QED) is 0.0605. The number of rotatable bonds is 14. The molecule has 0 radical (unpaired) electrons. The lowest BCUT2D eigenvalue weighted by atomic mass is 10.1. The molecule has 10 nitrogen and oxygen atoms in total. The third kappa shape index (κ3) is 12.0. The number of hydrogen-bond acceptors (Lipinski definition) is 6. The molecule has 0 fully saturated rings. The van der Waals surface area contributed by atoms with Gasteiger partial charge in [-0.05, 0) is 111 Å². The highest BCUT2D eigenvalue weighted by molar-refractivity contribution is 6.31. The predicted octanol–water partition coefficient (Wildman–Crippen LogP) is 7.83. The van der Waals surface area contributed by atoms with Crippen molar-refractivity contribution in [3.05, 3.63) is 129 Å². The van der Waals surface area contributed by atoms with Gasteiger partial charge in [-0.25, -0.2) is 10.9 Å². The summed E-state index contributed by atoms with van der Waals surface area (Å²) in [6.07, 6.45) is 2.47. The molecule has 49 heavy (non-hydrogen) atoms. The number of unbranched alkanes of at least 4 members (excludes halogenated alkanes) is 2. The molecule has 0 saturated heterocycles. The van der Waals surface area contributed by atoms with Crippen molar-refractivity contribution in [1.82, 2.24) is 10.9 Å². The Hall–Kier alpha value is -5.32. The van der Waals surface area contributed by atoms with Gasteiger partial charge in [0.05, 0.1) is 11.4 Å². The molecule has 0 unspecified atom stereocenters. The fourth-order valence-corrected chi connectivity index (χ4v) is 4.73. The summed E-state index contributed by atoms with van der Waals surface area (Å²) in [4.78, 5) is 49.3. The first-order chi connectivity index (χ1) is 23.6. The van der Waals surface area contributed by atoms with Crippen LogP contribution in [0.15, 0.2) is 107 Å². The van der Waals surface area contributed by atoms with Crippen LogP contribution in [0.4, 0.5) is 11.4 Å². The van der Waals surface area contributed by atoms with Gasteiger partial charge in [0.2, 0.25) is 11.8 Å². The largest absolute Gasteiger partial charge is 0.322 e. The van der Waals surface area contributed by atoms with Crippen LogP contribution in [0, 0.1) is 0 Å². The van der Waals surface area contributed by atoms with Crippen LogP contribution >= 0.6 is 23.2 Å². The maximum absolute atomic E-state index is 12.4. The molecule has 4 aromatic carbocycles. The third-order valence-electron chi connectivity index (χ3n) is 7.34. The molecule has 0 aliphatic heterocycles. The maximum Gasteiger partial charge on any atom is 0.255 e. The van der Waals surface area contributed by atoms with Crippen molar-refractivity contribution < 1.29 is 19.2 Å². The van der Waals surface area contributed by atoms with Crippen LogP contribution in [0.3, 0.4) is 0 Å². The molecule has 0 spiro atoms. The minimum Gasteiger partial charge on any atom is -0.322 e. The summed E-state index contributed by atoms with van der Waals surface area (Å²) >= 11 is 11.8. The molecule has 0 bridgehead atoms. The smallest absolute Gasteiger partial charge is 0.255 e. The zero-order valence-electron chi connectivity index (χ0n) is 27.1. The summed E-state index contributed by atoms with van der Waals surface area (Å²) in [5, 5.41) is 15.1. The second-order valence-corrected chi connectivity index (χ2v) is 12.0. The molecule has 4 amide bonds. The Morgan fingerprint density at radius 2 is 0.816 bits per heavy atom. The van der Waals surface area contributed by atoms with E-state index < -0.39 is 0 Å². The summed E-state index contributed by atoms with van der Waals surface area (Å²) in [5.74, 6) is -0.923. The minimum atomic E-state index is -0.245. The number of amides is 4. The molecule has 4 aromatic rings. The van der Waals surface area contributed by atoms with Gasteiger partial charge < -0.3 is 10.6 Å². The molecule has 0 aromatic heterocycles. The normalized spacial score (nSPS) is 11.4. The molecule has 0 aliphatic rings. The standard InChI is InChI=1S/C37H36Cl2N6O4/c1-24(26-12-20-32(21-13-26)40-36(48)28-8-16-30(38)17-9-28)42-44-34(46)6-4-3-5-7-35(47)45-43-25(2)27-14-22-33(23-15-27)41-37(49)29-10-18-31(39)19-11-29/h8-23H,3-7H2,1-2H3,(H,40,48)(H,41,49)(H,44,46)(H,45,47)/b42-24+,43-25+. The Labute approximate surface area is 295 Å². The summed E-state index contributed by atoms with van der Waals surface area (Å²) in [7, 11) is 0. The topological polar surface area (TPSA) is 141 Å². The van der Waals surface area contributed by atoms with Gasteiger partial charge in [-0.3, -0.25) is 19.2 Å². The Morgan fingerprint density at radius 1 is 0.490 bits per heavy atom. The summed E-state index contributed by atoms with van der Waals surface area (Å²) < 4.78 is 0. The zero-order chi connectivity index (χ0) is 35.2. The van der Waals surface area contributed by atoms with Crippen molar-refractivity contribution in [1.29, 1.82) is 0 Å². The molecular weight excluding hydrogens is 663 g/mol. The lowest BCUT2D eigenvalue weighted by Crippen LogP contribution is -2.19. The summed E-state index contributed by atoms with van der Waals surface area (Å²) in [6.45, 7) is 3.56. The number of carbonyl (C=O) groups excluding carboxylic acids is 4. The molecule has 0 atom stereocenters. The molecule has 4 rings (SSSR count). The average molecular weight is 700 g/mol. The summed E-state index contributed by atoms with van der Waals surface area (Å²) in [5.41, 5.74) is 10.2. The van der Waals surface area contributed by atoms with Crippen molar-refractivity contribution in [2.24, 2.45) is 10.2 Å². The molecule has 0 aliphatic carbocycles. The van der Waals surface area contributed by atoms with Crippen molar-refractivity contribution >= 4 is 69.6 Å². The Kier molecular flexibility index (Phi) is 13.6. The highest BCUT2D eigenvalue weighted by Crippen LogP contribution is 2.16. The lowest BCUT2D eigenvalue weighted by molar-refractivity contribution is -0.121. The van der Waals surface area contributed by atoms with Gasteiger partial charge in [-0.1, -0.05) is 53.9 Å². The first-order valence-corrected chi connectivity index (χ1v) is 16.3. The van der Waals surface area contributed by atoms with E-state index in [1.54, 1.807) is 111 Å². The van der Waals surface area contributed by atoms with Crippen LogP contribution in [0.1, 0.15) is 77.8 Å². The predicted molar refractivity (Wildman–Crippen MR) is 195 cm³/mol. The molecular formula is C37H36Cl2N6O4. The summed E-state index contributed by atoms with van der Waals surface area (Å²) in [6, 6.07) is 27.5. The molecule has 0 heterocycles. The number of nitrogens with one attached hydrogen (secondary N) is 4. The van der Waals surface area contributed by atoms with Crippen molar-refractivity contribution in [2.75, 3.05) is 10.6 Å². The Balaban J connectivity index is 1.10. The highest BCUT2D eigenvalue weighted by atomic mass is 35.5.